The van der Waals surface area contributed by atoms with E-state index in [1.807, 2.05) is 0 Å². The van der Waals surface area contributed by atoms with Crippen LogP contribution in [0.2, 0.25) is 19.6 Å². The smallest absolute Gasteiger partial charge is 0.157 e. The Labute approximate surface area is 106 Å². The molecular weight excluding hydrogens is 232 g/mol. The largest absolute Gasteiger partial charge is 0.380 e. The van der Waals surface area contributed by atoms with Gasteiger partial charge in [0.2, 0.25) is 0 Å². The molecule has 2 unspecified atom stereocenters. The van der Waals surface area contributed by atoms with E-state index >= 15 is 0 Å². The summed E-state index contributed by atoms with van der Waals surface area (Å²) >= 11 is 0. The highest BCUT2D eigenvalue weighted by Crippen LogP contribution is 2.13. The Bertz CT molecular complexity index is 269. The summed E-state index contributed by atoms with van der Waals surface area (Å²) in [5.74, 6) is 2.91. The van der Waals surface area contributed by atoms with Crippen LogP contribution in [-0.4, -0.2) is 38.8 Å². The normalized spacial score (nSPS) is 22.7. The van der Waals surface area contributed by atoms with Gasteiger partial charge in [-0.25, -0.2) is 0 Å². The summed E-state index contributed by atoms with van der Waals surface area (Å²) in [5.41, 5.74) is 3.16. The zero-order chi connectivity index (χ0) is 12.7. The molecule has 1 fully saturated rings. The number of aliphatic hydroxyl groups excluding tert-OH is 1. The molecule has 17 heavy (non-hydrogen) atoms. The summed E-state index contributed by atoms with van der Waals surface area (Å²) in [7, 11) is -1.38. The predicted octanol–water partition coefficient (Wildman–Crippen LogP) is 2.16. The van der Waals surface area contributed by atoms with Gasteiger partial charge in [0.25, 0.3) is 0 Å². The molecule has 0 aromatic heterocycles. The van der Waals surface area contributed by atoms with E-state index in [0.29, 0.717) is 13.0 Å². The molecule has 0 aromatic rings. The Morgan fingerprint density at radius 1 is 1.41 bits per heavy atom. The number of aliphatic hydroxyl groups is 1. The molecule has 1 N–H and O–H groups in total. The molecule has 0 saturated carbocycles. The second kappa shape index (κ2) is 7.17. The van der Waals surface area contributed by atoms with Gasteiger partial charge in [-0.05, 0) is 19.3 Å². The van der Waals surface area contributed by atoms with E-state index in [-0.39, 0.29) is 6.29 Å². The van der Waals surface area contributed by atoms with Crippen LogP contribution in [-0.2, 0) is 9.47 Å². The van der Waals surface area contributed by atoms with Crippen LogP contribution in [0.3, 0.4) is 0 Å². The maximum Gasteiger partial charge on any atom is 0.157 e. The van der Waals surface area contributed by atoms with Gasteiger partial charge < -0.3 is 14.6 Å². The molecule has 2 atom stereocenters. The average molecular weight is 256 g/mol. The Hall–Kier alpha value is -0.343. The first-order chi connectivity index (χ1) is 7.97. The highest BCUT2D eigenvalue weighted by Gasteiger charge is 2.14. The minimum atomic E-state index is -1.38. The molecule has 1 heterocycles. The summed E-state index contributed by atoms with van der Waals surface area (Å²) in [5, 5.41) is 9.67. The van der Waals surface area contributed by atoms with Gasteiger partial charge in [-0.1, -0.05) is 25.6 Å². The molecule has 1 aliphatic heterocycles. The molecule has 0 aromatic carbocycles. The Balaban J connectivity index is 2.14. The van der Waals surface area contributed by atoms with Crippen molar-refractivity contribution < 1.29 is 14.6 Å². The molecule has 1 aliphatic rings. The molecular formula is C13H24O3Si. The van der Waals surface area contributed by atoms with Gasteiger partial charge in [0.1, 0.15) is 14.2 Å². The molecule has 3 nitrogen and oxygen atoms in total. The average Bonchev–Trinajstić information content (AvgIpc) is 2.27. The van der Waals surface area contributed by atoms with Crippen LogP contribution < -0.4 is 0 Å². The zero-order valence-electron chi connectivity index (χ0n) is 11.2. The Morgan fingerprint density at radius 3 is 2.76 bits per heavy atom. The number of ether oxygens (including phenoxy) is 2. The highest BCUT2D eigenvalue weighted by atomic mass is 28.3. The lowest BCUT2D eigenvalue weighted by atomic mass is 10.2. The van der Waals surface area contributed by atoms with Crippen molar-refractivity contribution in [2.75, 3.05) is 13.2 Å². The highest BCUT2D eigenvalue weighted by molar-refractivity contribution is 6.83. The van der Waals surface area contributed by atoms with Crippen molar-refractivity contribution in [2.24, 2.45) is 0 Å². The number of hydrogen-bond donors (Lipinski definition) is 1. The molecule has 0 bridgehead atoms. The van der Waals surface area contributed by atoms with E-state index in [1.165, 1.54) is 6.42 Å². The first kappa shape index (κ1) is 14.7. The Kier molecular flexibility index (Phi) is 6.21. The van der Waals surface area contributed by atoms with Crippen molar-refractivity contribution in [2.45, 2.75) is 57.7 Å². The second-order valence-corrected chi connectivity index (χ2v) is 10.2. The summed E-state index contributed by atoms with van der Waals surface area (Å²) in [6.45, 7) is 7.81. The third-order valence-corrected chi connectivity index (χ3v) is 3.34. The SMILES string of the molecule is C[Si](C)(C)C#CC(O)CCOC1CCCCO1. The Morgan fingerprint density at radius 2 is 2.18 bits per heavy atom. The summed E-state index contributed by atoms with van der Waals surface area (Å²) < 4.78 is 11.0. The maximum absolute atomic E-state index is 9.67. The second-order valence-electron chi connectivity index (χ2n) is 5.49. The maximum atomic E-state index is 9.67. The van der Waals surface area contributed by atoms with Crippen LogP contribution in [0.25, 0.3) is 0 Å². The quantitative estimate of drug-likeness (QED) is 0.619. The first-order valence-corrected chi connectivity index (χ1v) is 9.91. The number of hydrogen-bond acceptors (Lipinski definition) is 3. The van der Waals surface area contributed by atoms with Crippen molar-refractivity contribution in [3.63, 3.8) is 0 Å². The van der Waals surface area contributed by atoms with Gasteiger partial charge in [-0.15, -0.1) is 5.54 Å². The van der Waals surface area contributed by atoms with E-state index in [2.05, 4.69) is 31.1 Å². The monoisotopic (exact) mass is 256 g/mol. The van der Waals surface area contributed by atoms with Gasteiger partial charge >= 0.3 is 0 Å². The third-order valence-electron chi connectivity index (χ3n) is 2.45. The summed E-state index contributed by atoms with van der Waals surface area (Å²) in [4.78, 5) is 0. The van der Waals surface area contributed by atoms with Crippen LogP contribution in [0.5, 0.6) is 0 Å². The molecule has 0 radical (unpaired) electrons. The van der Waals surface area contributed by atoms with Gasteiger partial charge in [-0.3, -0.25) is 0 Å². The first-order valence-electron chi connectivity index (χ1n) is 6.41. The molecule has 0 aliphatic carbocycles. The lowest BCUT2D eigenvalue weighted by Gasteiger charge is -2.22. The van der Waals surface area contributed by atoms with Gasteiger partial charge in [0.15, 0.2) is 6.29 Å². The van der Waals surface area contributed by atoms with Crippen LogP contribution >= 0.6 is 0 Å². The van der Waals surface area contributed by atoms with Crippen molar-refractivity contribution in [3.05, 3.63) is 0 Å². The molecule has 1 rings (SSSR count). The molecule has 98 valence electrons. The molecule has 1 saturated heterocycles. The van der Waals surface area contributed by atoms with Crippen LogP contribution in [0.15, 0.2) is 0 Å². The van der Waals surface area contributed by atoms with Crippen LogP contribution in [0.4, 0.5) is 0 Å². The van der Waals surface area contributed by atoms with Crippen molar-refractivity contribution in [1.29, 1.82) is 0 Å². The molecule has 0 spiro atoms. The third kappa shape index (κ3) is 7.56. The molecule has 0 amide bonds. The van der Waals surface area contributed by atoms with Crippen molar-refractivity contribution >= 4 is 8.07 Å². The minimum absolute atomic E-state index is 0.0686. The lowest BCUT2D eigenvalue weighted by Crippen LogP contribution is -2.24. The van der Waals surface area contributed by atoms with Crippen molar-refractivity contribution in [1.82, 2.24) is 0 Å². The van der Waals surface area contributed by atoms with E-state index in [4.69, 9.17) is 9.47 Å². The fourth-order valence-electron chi connectivity index (χ4n) is 1.53. The van der Waals surface area contributed by atoms with E-state index in [9.17, 15) is 5.11 Å². The standard InChI is InChI=1S/C13H24O3Si/c1-17(2,3)11-8-12(14)7-10-16-13-6-4-5-9-15-13/h12-14H,4-7,9-10H2,1-3H3. The van der Waals surface area contributed by atoms with E-state index < -0.39 is 14.2 Å². The fourth-order valence-corrected chi connectivity index (χ4v) is 2.13. The lowest BCUT2D eigenvalue weighted by molar-refractivity contribution is -0.164. The fraction of sp³-hybridized carbons (Fsp3) is 0.846. The van der Waals surface area contributed by atoms with Crippen LogP contribution in [0.1, 0.15) is 25.7 Å². The topological polar surface area (TPSA) is 38.7 Å². The van der Waals surface area contributed by atoms with Gasteiger partial charge in [0.05, 0.1) is 6.61 Å². The predicted molar refractivity (Wildman–Crippen MR) is 71.3 cm³/mol. The van der Waals surface area contributed by atoms with Crippen LogP contribution in [0, 0.1) is 11.5 Å². The summed E-state index contributed by atoms with van der Waals surface area (Å²) in [6, 6.07) is 0. The van der Waals surface area contributed by atoms with E-state index in [1.54, 1.807) is 0 Å². The van der Waals surface area contributed by atoms with Gasteiger partial charge in [0, 0.05) is 13.0 Å². The number of rotatable bonds is 4. The van der Waals surface area contributed by atoms with E-state index in [0.717, 1.165) is 19.4 Å². The molecule has 4 heteroatoms. The summed E-state index contributed by atoms with van der Waals surface area (Å²) in [6.07, 6.45) is 3.20. The minimum Gasteiger partial charge on any atom is -0.380 e. The van der Waals surface area contributed by atoms with Gasteiger partial charge in [-0.2, -0.15) is 0 Å². The van der Waals surface area contributed by atoms with Crippen molar-refractivity contribution in [3.8, 4) is 11.5 Å². The zero-order valence-corrected chi connectivity index (χ0v) is 12.2.